The summed E-state index contributed by atoms with van der Waals surface area (Å²) < 4.78 is 0. The molecule has 0 nitrogen and oxygen atoms in total. The molecule has 19 heavy (non-hydrogen) atoms. The Morgan fingerprint density at radius 3 is 2.05 bits per heavy atom. The topological polar surface area (TPSA) is 0 Å². The first-order chi connectivity index (χ1) is 8.81. The van der Waals surface area contributed by atoms with E-state index in [1.165, 1.54) is 25.7 Å². The SMILES string of the molecule is CC(=CCC(C)C=CCC(C)C)CC(C)CC(C)C. The maximum absolute atomic E-state index is 2.45. The van der Waals surface area contributed by atoms with Gasteiger partial charge < -0.3 is 0 Å². The molecule has 0 rings (SSSR count). The van der Waals surface area contributed by atoms with Crippen LogP contribution in [0.25, 0.3) is 0 Å². The van der Waals surface area contributed by atoms with E-state index in [9.17, 15) is 0 Å². The summed E-state index contributed by atoms with van der Waals surface area (Å²) in [4.78, 5) is 0. The van der Waals surface area contributed by atoms with Crippen LogP contribution >= 0.6 is 0 Å². The Labute approximate surface area is 122 Å². The van der Waals surface area contributed by atoms with Gasteiger partial charge in [-0.25, -0.2) is 0 Å². The van der Waals surface area contributed by atoms with Gasteiger partial charge >= 0.3 is 0 Å². The Balaban J connectivity index is 3.99. The molecule has 0 bridgehead atoms. The van der Waals surface area contributed by atoms with Gasteiger partial charge in [0.2, 0.25) is 0 Å². The van der Waals surface area contributed by atoms with E-state index in [1.54, 1.807) is 5.57 Å². The number of allylic oxidation sites excluding steroid dienone is 4. The zero-order valence-corrected chi connectivity index (χ0v) is 14.4. The standard InChI is InChI=1S/C19H36/c1-15(2)9-8-10-17(5)11-12-18(6)14-19(7)13-16(3)4/h8,10,12,15-17,19H,9,11,13-14H2,1-7H3. The lowest BCUT2D eigenvalue weighted by atomic mass is 9.92. The quantitative estimate of drug-likeness (QED) is 0.410. The van der Waals surface area contributed by atoms with Crippen molar-refractivity contribution < 1.29 is 0 Å². The van der Waals surface area contributed by atoms with Gasteiger partial charge in [-0.15, -0.1) is 0 Å². The van der Waals surface area contributed by atoms with Crippen molar-refractivity contribution in [1.82, 2.24) is 0 Å². The van der Waals surface area contributed by atoms with Crippen molar-refractivity contribution in [2.45, 2.75) is 74.1 Å². The Morgan fingerprint density at radius 2 is 1.53 bits per heavy atom. The maximum atomic E-state index is 2.45. The monoisotopic (exact) mass is 264 g/mol. The second-order valence-corrected chi connectivity index (χ2v) is 7.26. The zero-order valence-electron chi connectivity index (χ0n) is 14.4. The molecule has 0 aromatic rings. The Hall–Kier alpha value is -0.520. The molecule has 0 aromatic heterocycles. The van der Waals surface area contributed by atoms with E-state index in [4.69, 9.17) is 0 Å². The van der Waals surface area contributed by atoms with Crippen molar-refractivity contribution in [3.05, 3.63) is 23.8 Å². The number of hydrogen-bond donors (Lipinski definition) is 0. The first kappa shape index (κ1) is 18.5. The van der Waals surface area contributed by atoms with Gasteiger partial charge in [-0.05, 0) is 56.3 Å². The van der Waals surface area contributed by atoms with E-state index in [1.807, 2.05) is 0 Å². The van der Waals surface area contributed by atoms with Crippen molar-refractivity contribution in [3.63, 3.8) is 0 Å². The molecule has 0 N–H and O–H groups in total. The smallest absolute Gasteiger partial charge is 0.0227 e. The van der Waals surface area contributed by atoms with Crippen LogP contribution in [0.5, 0.6) is 0 Å². The molecule has 0 amide bonds. The van der Waals surface area contributed by atoms with Crippen molar-refractivity contribution in [2.24, 2.45) is 23.7 Å². The average molecular weight is 264 g/mol. The van der Waals surface area contributed by atoms with E-state index < -0.39 is 0 Å². The first-order valence-corrected chi connectivity index (χ1v) is 8.13. The van der Waals surface area contributed by atoms with Gasteiger partial charge in [-0.3, -0.25) is 0 Å². The maximum Gasteiger partial charge on any atom is -0.0227 e. The molecule has 0 heterocycles. The molecule has 2 atom stereocenters. The summed E-state index contributed by atoms with van der Waals surface area (Å²) in [7, 11) is 0. The normalized spacial score (nSPS) is 16.6. The number of hydrogen-bond acceptors (Lipinski definition) is 0. The number of rotatable bonds is 9. The van der Waals surface area contributed by atoms with Crippen LogP contribution in [0.2, 0.25) is 0 Å². The van der Waals surface area contributed by atoms with Crippen LogP contribution < -0.4 is 0 Å². The molecule has 0 heteroatoms. The first-order valence-electron chi connectivity index (χ1n) is 8.13. The minimum absolute atomic E-state index is 0.675. The van der Waals surface area contributed by atoms with Crippen LogP contribution in [0, 0.1) is 23.7 Å². The lowest BCUT2D eigenvalue weighted by molar-refractivity contribution is 0.435. The van der Waals surface area contributed by atoms with Gasteiger partial charge in [-0.2, -0.15) is 0 Å². The highest BCUT2D eigenvalue weighted by Crippen LogP contribution is 2.20. The third-order valence-corrected chi connectivity index (χ3v) is 3.45. The minimum atomic E-state index is 0.675. The fourth-order valence-corrected chi connectivity index (χ4v) is 2.57. The third-order valence-electron chi connectivity index (χ3n) is 3.45. The molecule has 0 saturated carbocycles. The summed E-state index contributed by atoms with van der Waals surface area (Å²) in [6.45, 7) is 16.2. The highest BCUT2D eigenvalue weighted by atomic mass is 14.1. The van der Waals surface area contributed by atoms with Crippen molar-refractivity contribution >= 4 is 0 Å². The van der Waals surface area contributed by atoms with E-state index in [-0.39, 0.29) is 0 Å². The summed E-state index contributed by atoms with van der Waals surface area (Å²) >= 11 is 0. The zero-order chi connectivity index (χ0) is 14.8. The predicted molar refractivity (Wildman–Crippen MR) is 89.4 cm³/mol. The summed E-state index contributed by atoms with van der Waals surface area (Å²) in [5.41, 5.74) is 1.57. The van der Waals surface area contributed by atoms with Crippen LogP contribution in [0.15, 0.2) is 23.8 Å². The van der Waals surface area contributed by atoms with Gasteiger partial charge in [0.1, 0.15) is 0 Å². The fourth-order valence-electron chi connectivity index (χ4n) is 2.57. The Bertz CT molecular complexity index is 268. The summed E-state index contributed by atoms with van der Waals surface area (Å²) in [6, 6.07) is 0. The van der Waals surface area contributed by atoms with E-state index >= 15 is 0 Å². The molecule has 0 aliphatic rings. The molecular formula is C19H36. The summed E-state index contributed by atoms with van der Waals surface area (Å²) in [5.74, 6) is 3.09. The second-order valence-electron chi connectivity index (χ2n) is 7.26. The van der Waals surface area contributed by atoms with E-state index in [0.717, 1.165) is 17.8 Å². The third kappa shape index (κ3) is 12.3. The molecule has 0 radical (unpaired) electrons. The highest BCUT2D eigenvalue weighted by molar-refractivity contribution is 5.01. The van der Waals surface area contributed by atoms with Crippen molar-refractivity contribution in [1.29, 1.82) is 0 Å². The molecule has 0 aliphatic carbocycles. The summed E-state index contributed by atoms with van der Waals surface area (Å²) in [5, 5.41) is 0. The largest absolute Gasteiger partial charge is 0.0880 e. The lowest BCUT2D eigenvalue weighted by Crippen LogP contribution is -2.01. The van der Waals surface area contributed by atoms with Crippen molar-refractivity contribution in [3.8, 4) is 0 Å². The minimum Gasteiger partial charge on any atom is -0.0880 e. The van der Waals surface area contributed by atoms with Crippen LogP contribution in [0.1, 0.15) is 74.1 Å². The van der Waals surface area contributed by atoms with Crippen LogP contribution in [0.3, 0.4) is 0 Å². The van der Waals surface area contributed by atoms with E-state index in [0.29, 0.717) is 5.92 Å². The Kier molecular flexibility index (Phi) is 10.0. The second kappa shape index (κ2) is 10.3. The molecule has 0 fully saturated rings. The van der Waals surface area contributed by atoms with Gasteiger partial charge in [0.25, 0.3) is 0 Å². The molecule has 0 spiro atoms. The molecule has 0 saturated heterocycles. The van der Waals surface area contributed by atoms with E-state index in [2.05, 4.69) is 66.7 Å². The van der Waals surface area contributed by atoms with Gasteiger partial charge in [0, 0.05) is 0 Å². The molecule has 0 aliphatic heterocycles. The summed E-state index contributed by atoms with van der Waals surface area (Å²) in [6.07, 6.45) is 12.2. The van der Waals surface area contributed by atoms with Gasteiger partial charge in [0.15, 0.2) is 0 Å². The predicted octanol–water partition coefficient (Wildman–Crippen LogP) is 6.63. The van der Waals surface area contributed by atoms with Crippen LogP contribution in [0.4, 0.5) is 0 Å². The van der Waals surface area contributed by atoms with Crippen LogP contribution in [-0.2, 0) is 0 Å². The molecule has 0 aromatic carbocycles. The molecule has 2 unspecified atom stereocenters. The average Bonchev–Trinajstić information content (AvgIpc) is 2.24. The molecule has 112 valence electrons. The highest BCUT2D eigenvalue weighted by Gasteiger charge is 2.05. The lowest BCUT2D eigenvalue weighted by Gasteiger charge is -2.14. The van der Waals surface area contributed by atoms with Crippen LogP contribution in [-0.4, -0.2) is 0 Å². The fraction of sp³-hybridized carbons (Fsp3) is 0.789. The molecular weight excluding hydrogens is 228 g/mol. The van der Waals surface area contributed by atoms with Gasteiger partial charge in [0.05, 0.1) is 0 Å². The Morgan fingerprint density at radius 1 is 0.895 bits per heavy atom. The van der Waals surface area contributed by atoms with Gasteiger partial charge in [-0.1, -0.05) is 65.3 Å². The van der Waals surface area contributed by atoms with Crippen molar-refractivity contribution in [2.75, 3.05) is 0 Å².